The molecular formula is C15H17N3O2. The molecule has 2 aromatic rings. The molecule has 0 aromatic heterocycles. The number of methoxy groups -OCH3 is 1. The van der Waals surface area contributed by atoms with E-state index >= 15 is 0 Å². The first-order valence-electron chi connectivity index (χ1n) is 6.10. The Kier molecular flexibility index (Phi) is 3.79. The third kappa shape index (κ3) is 2.66. The van der Waals surface area contributed by atoms with Crippen LogP contribution in [0.15, 0.2) is 42.5 Å². The molecule has 0 aliphatic carbocycles. The quantitative estimate of drug-likeness (QED) is 0.838. The first-order chi connectivity index (χ1) is 9.52. The van der Waals surface area contributed by atoms with Gasteiger partial charge in [-0.15, -0.1) is 0 Å². The number of nitrogens with zero attached hydrogens (tertiary/aromatic N) is 1. The van der Waals surface area contributed by atoms with Crippen LogP contribution in [0, 0.1) is 0 Å². The lowest BCUT2D eigenvalue weighted by Gasteiger charge is -2.18. The highest BCUT2D eigenvalue weighted by Gasteiger charge is 2.16. The summed E-state index contributed by atoms with van der Waals surface area (Å²) in [5.41, 5.74) is 13.6. The molecule has 0 atom stereocenters. The van der Waals surface area contributed by atoms with Gasteiger partial charge in [-0.3, -0.25) is 4.79 Å². The largest absolute Gasteiger partial charge is 0.497 e. The number of rotatable bonds is 3. The second-order valence-electron chi connectivity index (χ2n) is 4.41. The summed E-state index contributed by atoms with van der Waals surface area (Å²) in [5.74, 6) is 0.550. The molecule has 0 fully saturated rings. The predicted molar refractivity (Wildman–Crippen MR) is 81.0 cm³/mol. The number of hydrogen-bond donors (Lipinski definition) is 2. The van der Waals surface area contributed by atoms with Crippen LogP contribution in [-0.4, -0.2) is 20.1 Å². The standard InChI is InChI=1S/C15H17N3O2/c1-18(11-4-6-12(20-2)7-5-11)15(19)13-8-3-10(16)9-14(13)17/h3-9H,16-17H2,1-2H3. The SMILES string of the molecule is COc1ccc(N(C)C(=O)c2ccc(N)cc2N)cc1. The summed E-state index contributed by atoms with van der Waals surface area (Å²) in [4.78, 5) is 13.9. The Balaban J connectivity index is 2.27. The van der Waals surface area contributed by atoms with Crippen molar-refractivity contribution in [2.45, 2.75) is 0 Å². The molecule has 0 aliphatic heterocycles. The Morgan fingerprint density at radius 1 is 1.10 bits per heavy atom. The second kappa shape index (κ2) is 5.52. The Morgan fingerprint density at radius 3 is 2.30 bits per heavy atom. The van der Waals surface area contributed by atoms with E-state index < -0.39 is 0 Å². The van der Waals surface area contributed by atoms with Crippen LogP contribution in [-0.2, 0) is 0 Å². The van der Waals surface area contributed by atoms with Gasteiger partial charge in [0, 0.05) is 24.1 Å². The Labute approximate surface area is 117 Å². The van der Waals surface area contributed by atoms with Crippen LogP contribution < -0.4 is 21.1 Å². The lowest BCUT2D eigenvalue weighted by molar-refractivity contribution is 0.0994. The second-order valence-corrected chi connectivity index (χ2v) is 4.41. The van der Waals surface area contributed by atoms with Crippen molar-refractivity contribution < 1.29 is 9.53 Å². The first-order valence-corrected chi connectivity index (χ1v) is 6.10. The van der Waals surface area contributed by atoms with Gasteiger partial charge in [-0.25, -0.2) is 0 Å². The molecule has 4 N–H and O–H groups in total. The fourth-order valence-electron chi connectivity index (χ4n) is 1.88. The van der Waals surface area contributed by atoms with Gasteiger partial charge in [-0.1, -0.05) is 0 Å². The highest BCUT2D eigenvalue weighted by molar-refractivity contribution is 6.09. The first kappa shape index (κ1) is 13.7. The molecule has 5 nitrogen and oxygen atoms in total. The Hall–Kier alpha value is -2.69. The van der Waals surface area contributed by atoms with Crippen molar-refractivity contribution in [3.05, 3.63) is 48.0 Å². The monoisotopic (exact) mass is 271 g/mol. The van der Waals surface area contributed by atoms with Crippen molar-refractivity contribution in [1.82, 2.24) is 0 Å². The highest BCUT2D eigenvalue weighted by Crippen LogP contribution is 2.22. The van der Waals surface area contributed by atoms with Crippen molar-refractivity contribution in [1.29, 1.82) is 0 Å². The fraction of sp³-hybridized carbons (Fsp3) is 0.133. The van der Waals surface area contributed by atoms with Crippen molar-refractivity contribution >= 4 is 23.0 Å². The van der Waals surface area contributed by atoms with E-state index in [0.717, 1.165) is 11.4 Å². The minimum atomic E-state index is -0.187. The number of nitrogens with two attached hydrogens (primary N) is 2. The van der Waals surface area contributed by atoms with Gasteiger partial charge in [0.25, 0.3) is 5.91 Å². The van der Waals surface area contributed by atoms with Gasteiger partial charge in [0.2, 0.25) is 0 Å². The van der Waals surface area contributed by atoms with Crippen LogP contribution in [0.5, 0.6) is 5.75 Å². The summed E-state index contributed by atoms with van der Waals surface area (Å²) in [6.45, 7) is 0. The molecule has 0 saturated heterocycles. The highest BCUT2D eigenvalue weighted by atomic mass is 16.5. The minimum absolute atomic E-state index is 0.187. The lowest BCUT2D eigenvalue weighted by Crippen LogP contribution is -2.27. The lowest BCUT2D eigenvalue weighted by atomic mass is 10.1. The fourth-order valence-corrected chi connectivity index (χ4v) is 1.88. The number of nitrogen functional groups attached to an aromatic ring is 2. The van der Waals surface area contributed by atoms with E-state index in [9.17, 15) is 4.79 Å². The summed E-state index contributed by atoms with van der Waals surface area (Å²) in [6.07, 6.45) is 0. The maximum Gasteiger partial charge on any atom is 0.260 e. The molecule has 0 unspecified atom stereocenters. The molecule has 1 amide bonds. The van der Waals surface area contributed by atoms with Crippen molar-refractivity contribution in [2.75, 3.05) is 30.5 Å². The molecule has 2 rings (SSSR count). The van der Waals surface area contributed by atoms with E-state index in [1.165, 1.54) is 4.90 Å². The summed E-state index contributed by atoms with van der Waals surface area (Å²) in [7, 11) is 3.29. The minimum Gasteiger partial charge on any atom is -0.497 e. The van der Waals surface area contributed by atoms with Crippen LogP contribution >= 0.6 is 0 Å². The van der Waals surface area contributed by atoms with E-state index in [-0.39, 0.29) is 5.91 Å². The third-order valence-electron chi connectivity index (χ3n) is 3.07. The van der Waals surface area contributed by atoms with Gasteiger partial charge in [0.05, 0.1) is 12.7 Å². The molecular weight excluding hydrogens is 254 g/mol. The summed E-state index contributed by atoms with van der Waals surface area (Å²) in [6, 6.07) is 12.1. The Morgan fingerprint density at radius 2 is 1.75 bits per heavy atom. The van der Waals surface area contributed by atoms with E-state index in [2.05, 4.69) is 0 Å². The topological polar surface area (TPSA) is 81.6 Å². The third-order valence-corrected chi connectivity index (χ3v) is 3.07. The molecule has 0 radical (unpaired) electrons. The number of ether oxygens (including phenoxy) is 1. The number of carbonyl (C=O) groups is 1. The maximum atomic E-state index is 12.4. The molecule has 20 heavy (non-hydrogen) atoms. The van der Waals surface area contributed by atoms with Gasteiger partial charge < -0.3 is 21.1 Å². The van der Waals surface area contributed by atoms with Crippen molar-refractivity contribution in [2.24, 2.45) is 0 Å². The molecule has 2 aromatic carbocycles. The van der Waals surface area contributed by atoms with E-state index in [4.69, 9.17) is 16.2 Å². The van der Waals surface area contributed by atoms with Crippen LogP contribution in [0.4, 0.5) is 17.1 Å². The van der Waals surface area contributed by atoms with E-state index in [1.807, 2.05) is 12.1 Å². The average Bonchev–Trinajstić information content (AvgIpc) is 2.46. The molecule has 104 valence electrons. The van der Waals surface area contributed by atoms with Crippen LogP contribution in [0.3, 0.4) is 0 Å². The zero-order valence-corrected chi connectivity index (χ0v) is 11.5. The number of benzene rings is 2. The van der Waals surface area contributed by atoms with Crippen LogP contribution in [0.25, 0.3) is 0 Å². The van der Waals surface area contributed by atoms with Gasteiger partial charge in [-0.05, 0) is 42.5 Å². The summed E-state index contributed by atoms with van der Waals surface area (Å²) in [5, 5.41) is 0. The molecule has 0 aliphatic rings. The van der Waals surface area contributed by atoms with Gasteiger partial charge in [0.15, 0.2) is 0 Å². The van der Waals surface area contributed by atoms with Gasteiger partial charge in [0.1, 0.15) is 5.75 Å². The van der Waals surface area contributed by atoms with Crippen LogP contribution in [0.2, 0.25) is 0 Å². The molecule has 0 bridgehead atoms. The molecule has 0 spiro atoms. The average molecular weight is 271 g/mol. The normalized spacial score (nSPS) is 10.1. The van der Waals surface area contributed by atoms with Crippen molar-refractivity contribution in [3.63, 3.8) is 0 Å². The molecule has 0 heterocycles. The number of anilines is 3. The summed E-state index contributed by atoms with van der Waals surface area (Å²) >= 11 is 0. The smallest absolute Gasteiger partial charge is 0.260 e. The zero-order valence-electron chi connectivity index (χ0n) is 11.5. The molecule has 5 heteroatoms. The number of amides is 1. The molecule has 0 saturated carbocycles. The van der Waals surface area contributed by atoms with Gasteiger partial charge in [-0.2, -0.15) is 0 Å². The number of carbonyl (C=O) groups excluding carboxylic acids is 1. The predicted octanol–water partition coefficient (Wildman–Crippen LogP) is 2.14. The van der Waals surface area contributed by atoms with Gasteiger partial charge >= 0.3 is 0 Å². The van der Waals surface area contributed by atoms with Crippen LogP contribution in [0.1, 0.15) is 10.4 Å². The maximum absolute atomic E-state index is 12.4. The Bertz CT molecular complexity index is 624. The van der Waals surface area contributed by atoms with E-state index in [1.54, 1.807) is 44.5 Å². The number of hydrogen-bond acceptors (Lipinski definition) is 4. The zero-order chi connectivity index (χ0) is 14.7. The van der Waals surface area contributed by atoms with E-state index in [0.29, 0.717) is 16.9 Å². The summed E-state index contributed by atoms with van der Waals surface area (Å²) < 4.78 is 5.09. The van der Waals surface area contributed by atoms with Crippen molar-refractivity contribution in [3.8, 4) is 5.75 Å².